The highest BCUT2D eigenvalue weighted by molar-refractivity contribution is 6.29. The first-order valence-corrected chi connectivity index (χ1v) is 4.35. The number of nitrogens with two attached hydrogens (primary N) is 1. The minimum absolute atomic E-state index is 0.00409. The molecule has 0 saturated heterocycles. The second-order valence-electron chi connectivity index (χ2n) is 2.52. The summed E-state index contributed by atoms with van der Waals surface area (Å²) in [6.45, 7) is 0. The van der Waals surface area contributed by atoms with Gasteiger partial charge >= 0.3 is 5.97 Å². The first-order chi connectivity index (χ1) is 7.13. The van der Waals surface area contributed by atoms with E-state index >= 15 is 0 Å². The number of hydrogen-bond acceptors (Lipinski definition) is 5. The Hall–Kier alpha value is -1.80. The maximum Gasteiger partial charge on any atom is 0.317 e. The molecule has 6 heteroatoms. The van der Waals surface area contributed by atoms with Crippen LogP contribution in [0.2, 0.25) is 5.15 Å². The molecular formula is C9H8ClN3O2. The predicted molar refractivity (Wildman–Crippen MR) is 55.0 cm³/mol. The van der Waals surface area contributed by atoms with Gasteiger partial charge in [-0.05, 0) is 6.07 Å². The summed E-state index contributed by atoms with van der Waals surface area (Å²) < 4.78 is 4.42. The van der Waals surface area contributed by atoms with E-state index in [-0.39, 0.29) is 17.4 Å². The van der Waals surface area contributed by atoms with Crippen LogP contribution in [0.25, 0.3) is 0 Å². The molecule has 0 saturated carbocycles. The van der Waals surface area contributed by atoms with Gasteiger partial charge in [0, 0.05) is 0 Å². The molecule has 0 atom stereocenters. The van der Waals surface area contributed by atoms with E-state index in [1.165, 1.54) is 13.2 Å². The molecule has 0 bridgehead atoms. The molecule has 0 spiro atoms. The van der Waals surface area contributed by atoms with E-state index in [2.05, 4.69) is 26.8 Å². The van der Waals surface area contributed by atoms with Crippen LogP contribution in [0.4, 0.5) is 5.82 Å². The summed E-state index contributed by atoms with van der Waals surface area (Å²) in [5.41, 5.74) is 5.93. The molecule has 1 heterocycles. The molecule has 5 nitrogen and oxygen atoms in total. The Kier molecular flexibility index (Phi) is 3.89. The molecular weight excluding hydrogens is 218 g/mol. The number of anilines is 1. The molecule has 2 N–H and O–H groups in total. The lowest BCUT2D eigenvalue weighted by atomic mass is 10.3. The van der Waals surface area contributed by atoms with Crippen molar-refractivity contribution in [2.24, 2.45) is 0 Å². The fourth-order valence-electron chi connectivity index (χ4n) is 0.761. The zero-order chi connectivity index (χ0) is 11.3. The monoisotopic (exact) mass is 225 g/mol. The Morgan fingerprint density at radius 2 is 2.40 bits per heavy atom. The smallest absolute Gasteiger partial charge is 0.317 e. The van der Waals surface area contributed by atoms with Gasteiger partial charge in [0.1, 0.15) is 6.42 Å². The second-order valence-corrected chi connectivity index (χ2v) is 2.91. The van der Waals surface area contributed by atoms with Crippen molar-refractivity contribution in [1.29, 1.82) is 0 Å². The van der Waals surface area contributed by atoms with Gasteiger partial charge in [-0.15, -0.1) is 10.2 Å². The van der Waals surface area contributed by atoms with Gasteiger partial charge < -0.3 is 10.5 Å². The molecule has 1 aromatic heterocycles. The minimum atomic E-state index is -0.408. The van der Waals surface area contributed by atoms with Crippen LogP contribution in [0.5, 0.6) is 0 Å². The van der Waals surface area contributed by atoms with Crippen LogP contribution in [0, 0.1) is 11.8 Å². The van der Waals surface area contributed by atoms with Gasteiger partial charge in [0.15, 0.2) is 11.0 Å². The standard InChI is InChI=1S/C9H8ClN3O2/c1-15-8(14)4-2-3-6-5-7(10)12-13-9(6)11/h5H,4H2,1H3,(H2,11,13). The number of nitrogen functional groups attached to an aromatic ring is 1. The SMILES string of the molecule is COC(=O)CC#Cc1cc(Cl)nnc1N. The molecule has 0 unspecified atom stereocenters. The molecule has 0 aliphatic heterocycles. The number of nitrogens with zero attached hydrogens (tertiary/aromatic N) is 2. The average molecular weight is 226 g/mol. The first-order valence-electron chi connectivity index (χ1n) is 3.98. The number of methoxy groups -OCH3 is 1. The molecule has 1 rings (SSSR count). The summed E-state index contributed by atoms with van der Waals surface area (Å²) in [5, 5.41) is 7.30. The minimum Gasteiger partial charge on any atom is -0.468 e. The van der Waals surface area contributed by atoms with E-state index < -0.39 is 5.97 Å². The highest BCUT2D eigenvalue weighted by atomic mass is 35.5. The maximum atomic E-state index is 10.7. The van der Waals surface area contributed by atoms with Gasteiger partial charge in [-0.2, -0.15) is 0 Å². The number of aromatic nitrogens is 2. The summed E-state index contributed by atoms with van der Waals surface area (Å²) in [5.74, 6) is 5.02. The van der Waals surface area contributed by atoms with E-state index in [1.807, 2.05) is 0 Å². The third-order valence-electron chi connectivity index (χ3n) is 1.48. The number of carbonyl (C=O) groups excluding carboxylic acids is 1. The Morgan fingerprint density at radius 1 is 1.67 bits per heavy atom. The van der Waals surface area contributed by atoms with Crippen LogP contribution in [0.1, 0.15) is 12.0 Å². The maximum absolute atomic E-state index is 10.7. The average Bonchev–Trinajstić information content (AvgIpc) is 2.23. The van der Waals surface area contributed by atoms with Crippen molar-refractivity contribution in [1.82, 2.24) is 10.2 Å². The fourth-order valence-corrected chi connectivity index (χ4v) is 0.908. The van der Waals surface area contributed by atoms with Crippen molar-refractivity contribution in [3.05, 3.63) is 16.8 Å². The second kappa shape index (κ2) is 5.17. The summed E-state index contributed by atoms with van der Waals surface area (Å²) in [4.78, 5) is 10.7. The molecule has 78 valence electrons. The molecule has 0 aromatic carbocycles. The molecule has 0 amide bonds. The third kappa shape index (κ3) is 3.44. The van der Waals surface area contributed by atoms with Gasteiger partial charge in [-0.1, -0.05) is 23.4 Å². The zero-order valence-corrected chi connectivity index (χ0v) is 8.71. The summed E-state index contributed by atoms with van der Waals surface area (Å²) in [6, 6.07) is 1.48. The van der Waals surface area contributed by atoms with Crippen LogP contribution in [0.3, 0.4) is 0 Å². The van der Waals surface area contributed by atoms with Gasteiger partial charge in [-0.25, -0.2) is 0 Å². The number of hydrogen-bond donors (Lipinski definition) is 1. The van der Waals surface area contributed by atoms with Crippen molar-refractivity contribution in [2.45, 2.75) is 6.42 Å². The number of rotatable bonds is 1. The van der Waals surface area contributed by atoms with E-state index in [9.17, 15) is 4.79 Å². The van der Waals surface area contributed by atoms with Gasteiger partial charge in [0.2, 0.25) is 0 Å². The van der Waals surface area contributed by atoms with Crippen molar-refractivity contribution < 1.29 is 9.53 Å². The normalized spacial score (nSPS) is 8.93. The number of carbonyl (C=O) groups is 1. The fraction of sp³-hybridized carbons (Fsp3) is 0.222. The highest BCUT2D eigenvalue weighted by Gasteiger charge is 1.99. The Balaban J connectivity index is 2.79. The lowest BCUT2D eigenvalue weighted by Crippen LogP contribution is -1.98. The molecule has 0 radical (unpaired) electrons. The number of esters is 1. The molecule has 0 aliphatic rings. The Morgan fingerprint density at radius 3 is 3.07 bits per heavy atom. The van der Waals surface area contributed by atoms with Crippen LogP contribution in [-0.4, -0.2) is 23.3 Å². The topological polar surface area (TPSA) is 78.1 Å². The van der Waals surface area contributed by atoms with Crippen molar-refractivity contribution in [3.63, 3.8) is 0 Å². The van der Waals surface area contributed by atoms with Gasteiger partial charge in [0.25, 0.3) is 0 Å². The molecule has 1 aromatic rings. The van der Waals surface area contributed by atoms with Crippen molar-refractivity contribution in [3.8, 4) is 11.8 Å². The first kappa shape index (κ1) is 11.3. The third-order valence-corrected chi connectivity index (χ3v) is 1.66. The van der Waals surface area contributed by atoms with Crippen molar-refractivity contribution in [2.75, 3.05) is 12.8 Å². The van der Waals surface area contributed by atoms with Gasteiger partial charge in [0.05, 0.1) is 12.7 Å². The van der Waals surface area contributed by atoms with E-state index in [0.29, 0.717) is 5.56 Å². The largest absolute Gasteiger partial charge is 0.468 e. The van der Waals surface area contributed by atoms with Crippen LogP contribution in [-0.2, 0) is 9.53 Å². The number of halogens is 1. The van der Waals surface area contributed by atoms with Gasteiger partial charge in [-0.3, -0.25) is 4.79 Å². The van der Waals surface area contributed by atoms with Crippen LogP contribution >= 0.6 is 11.6 Å². The van der Waals surface area contributed by atoms with E-state index in [4.69, 9.17) is 17.3 Å². The number of ether oxygens (including phenoxy) is 1. The zero-order valence-electron chi connectivity index (χ0n) is 7.95. The Bertz CT molecular complexity index is 437. The summed E-state index contributed by atoms with van der Waals surface area (Å²) >= 11 is 5.60. The predicted octanol–water partition coefficient (Wildman–Crippen LogP) is 0.627. The van der Waals surface area contributed by atoms with Crippen LogP contribution in [0.15, 0.2) is 6.07 Å². The lowest BCUT2D eigenvalue weighted by molar-refractivity contribution is -0.139. The quantitative estimate of drug-likeness (QED) is 0.560. The van der Waals surface area contributed by atoms with E-state index in [1.54, 1.807) is 0 Å². The highest BCUT2D eigenvalue weighted by Crippen LogP contribution is 2.10. The Labute approximate surface area is 91.6 Å². The molecule has 0 fully saturated rings. The molecule has 0 aliphatic carbocycles. The van der Waals surface area contributed by atoms with E-state index in [0.717, 1.165) is 0 Å². The summed E-state index contributed by atoms with van der Waals surface area (Å²) in [7, 11) is 1.29. The molecule has 15 heavy (non-hydrogen) atoms. The lowest BCUT2D eigenvalue weighted by Gasteiger charge is -1.95. The van der Waals surface area contributed by atoms with Crippen LogP contribution < -0.4 is 5.73 Å². The summed E-state index contributed by atoms with van der Waals surface area (Å²) in [6.07, 6.45) is -0.00409. The van der Waals surface area contributed by atoms with Crippen molar-refractivity contribution >= 4 is 23.4 Å².